The van der Waals surface area contributed by atoms with Gasteiger partial charge in [-0.1, -0.05) is 12.1 Å². The van der Waals surface area contributed by atoms with Crippen LogP contribution in [0.5, 0.6) is 0 Å². The number of aliphatic hydroxyl groups excluding tert-OH is 3. The normalized spacial score (nSPS) is 31.7. The van der Waals surface area contributed by atoms with Crippen LogP contribution in [0.25, 0.3) is 5.70 Å². The molecule has 9 heteroatoms. The summed E-state index contributed by atoms with van der Waals surface area (Å²) in [6, 6.07) is 4.75. The Morgan fingerprint density at radius 2 is 2.17 bits per heavy atom. The zero-order valence-corrected chi connectivity index (χ0v) is 14.1. The highest BCUT2D eigenvalue weighted by Gasteiger charge is 2.42. The van der Waals surface area contributed by atoms with Gasteiger partial charge in [-0.3, -0.25) is 0 Å². The first-order valence-corrected chi connectivity index (χ1v) is 8.08. The fourth-order valence-corrected chi connectivity index (χ4v) is 3.10. The number of alkyl halides is 1. The molecule has 126 valence electrons. The zero-order chi connectivity index (χ0) is 17.0. The highest BCUT2D eigenvalue weighted by Crippen LogP contribution is 2.25. The first-order valence-electron chi connectivity index (χ1n) is 6.84. The predicted octanol–water partition coefficient (Wildman–Crippen LogP) is 0.987. The Hall–Kier alpha value is -1.14. The Morgan fingerprint density at radius 1 is 1.43 bits per heavy atom. The maximum Gasteiger partial charge on any atom is 0.137 e. The lowest BCUT2D eigenvalue weighted by molar-refractivity contribution is -0.159. The highest BCUT2D eigenvalue weighted by atomic mass is 127. The molecular weight excluding hydrogens is 420 g/mol. The van der Waals surface area contributed by atoms with Crippen LogP contribution in [0.15, 0.2) is 35.6 Å². The van der Waals surface area contributed by atoms with Gasteiger partial charge in [0.2, 0.25) is 0 Å². The number of nitrogens with zero attached hydrogens (tertiary/aromatic N) is 1. The van der Waals surface area contributed by atoms with E-state index < -0.39 is 40.9 Å². The minimum Gasteiger partial charge on any atom is -0.394 e. The maximum absolute atomic E-state index is 13.3. The molecule has 1 aromatic rings. The van der Waals surface area contributed by atoms with Crippen LogP contribution in [0.3, 0.4) is 0 Å². The molecule has 1 aromatic carbocycles. The molecule has 2 rings (SSSR count). The zero-order valence-electron chi connectivity index (χ0n) is 11.9. The summed E-state index contributed by atoms with van der Waals surface area (Å²) < 4.78 is 17.9. The summed E-state index contributed by atoms with van der Waals surface area (Å²) in [4.78, 5) is 0. The largest absolute Gasteiger partial charge is 0.394 e. The molecule has 0 saturated carbocycles. The van der Waals surface area contributed by atoms with Crippen molar-refractivity contribution < 1.29 is 24.4 Å². The summed E-state index contributed by atoms with van der Waals surface area (Å²) in [6.45, 7) is -0.394. The first-order chi connectivity index (χ1) is 11.0. The topological polar surface area (TPSA) is 118 Å². The minimum absolute atomic E-state index is 0.140. The maximum atomic E-state index is 13.3. The van der Waals surface area contributed by atoms with Gasteiger partial charge in [0, 0.05) is 11.8 Å². The van der Waals surface area contributed by atoms with E-state index in [1.165, 1.54) is 24.4 Å². The van der Waals surface area contributed by atoms with Gasteiger partial charge in [-0.2, -0.15) is 5.11 Å². The number of ether oxygens (including phenoxy) is 1. The van der Waals surface area contributed by atoms with Crippen LogP contribution in [0, 0.1) is 11.3 Å². The molecule has 1 heterocycles. The lowest BCUT2D eigenvalue weighted by atomic mass is 9.97. The van der Waals surface area contributed by atoms with Crippen LogP contribution >= 0.6 is 22.6 Å². The van der Waals surface area contributed by atoms with Gasteiger partial charge in [-0.05, 0) is 34.7 Å². The Kier molecular flexibility index (Phi) is 6.41. The summed E-state index contributed by atoms with van der Waals surface area (Å²) in [7, 11) is 0. The van der Waals surface area contributed by atoms with Crippen molar-refractivity contribution in [3.8, 4) is 0 Å². The van der Waals surface area contributed by atoms with E-state index in [1.54, 1.807) is 6.07 Å². The van der Waals surface area contributed by atoms with Crippen molar-refractivity contribution in [2.75, 3.05) is 6.61 Å². The van der Waals surface area contributed by atoms with Crippen molar-refractivity contribution in [1.82, 2.24) is 5.32 Å². The molecule has 0 radical (unpaired) electrons. The summed E-state index contributed by atoms with van der Waals surface area (Å²) in [5, 5.41) is 35.6. The molecule has 0 amide bonds. The lowest BCUT2D eigenvalue weighted by Gasteiger charge is -2.40. The first kappa shape index (κ1) is 18.2. The average molecular weight is 437 g/mol. The van der Waals surface area contributed by atoms with Crippen LogP contribution in [-0.4, -0.2) is 50.4 Å². The number of aliphatic hydroxyl groups is 3. The minimum atomic E-state index is -1.16. The molecular formula is C14H17FIN3O4. The van der Waals surface area contributed by atoms with E-state index in [1.807, 2.05) is 22.6 Å². The second-order valence-electron chi connectivity index (χ2n) is 5.03. The molecule has 0 aromatic heterocycles. The Labute approximate surface area is 145 Å². The molecule has 1 saturated heterocycles. The second-order valence-corrected chi connectivity index (χ2v) is 6.26. The van der Waals surface area contributed by atoms with Crippen LogP contribution in [-0.2, 0) is 4.74 Å². The third-order valence-corrected chi connectivity index (χ3v) is 4.55. The third-order valence-electron chi connectivity index (χ3n) is 3.52. The van der Waals surface area contributed by atoms with Crippen molar-refractivity contribution >= 4 is 28.3 Å². The Bertz CT molecular complexity index is 589. The monoisotopic (exact) mass is 437 g/mol. The van der Waals surface area contributed by atoms with Gasteiger partial charge >= 0.3 is 0 Å². The number of hydrogen-bond acceptors (Lipinski definition) is 7. The van der Waals surface area contributed by atoms with Crippen LogP contribution in [0.4, 0.5) is 4.39 Å². The molecule has 0 aliphatic carbocycles. The van der Waals surface area contributed by atoms with Gasteiger partial charge in [-0.15, -0.1) is 0 Å². The average Bonchev–Trinajstić information content (AvgIpc) is 2.54. The van der Waals surface area contributed by atoms with E-state index in [0.29, 0.717) is 5.56 Å². The molecule has 1 fully saturated rings. The van der Waals surface area contributed by atoms with Crippen LogP contribution < -0.4 is 5.32 Å². The molecule has 5 atom stereocenters. The van der Waals surface area contributed by atoms with Gasteiger partial charge < -0.3 is 25.4 Å². The molecule has 0 spiro atoms. The summed E-state index contributed by atoms with van der Waals surface area (Å²) in [5.74, 6) is -0.462. The third kappa shape index (κ3) is 4.23. The molecule has 1 aliphatic rings. The summed E-state index contributed by atoms with van der Waals surface area (Å²) >= 11 is 1.86. The second kappa shape index (κ2) is 8.11. The van der Waals surface area contributed by atoms with Gasteiger partial charge in [0.25, 0.3) is 0 Å². The van der Waals surface area contributed by atoms with E-state index in [4.69, 9.17) is 10.3 Å². The Morgan fingerprint density at radius 3 is 2.78 bits per heavy atom. The van der Waals surface area contributed by atoms with E-state index >= 15 is 0 Å². The smallest absolute Gasteiger partial charge is 0.137 e. The van der Waals surface area contributed by atoms with E-state index in [-0.39, 0.29) is 5.70 Å². The van der Waals surface area contributed by atoms with Crippen molar-refractivity contribution in [2.24, 2.45) is 5.11 Å². The number of nitrogens with one attached hydrogen (secondary N) is 2. The highest BCUT2D eigenvalue weighted by molar-refractivity contribution is 14.1. The summed E-state index contributed by atoms with van der Waals surface area (Å²) in [5.41, 5.74) is 7.73. The van der Waals surface area contributed by atoms with Gasteiger partial charge in [0.15, 0.2) is 0 Å². The number of halogens is 2. The number of hydrogen-bond donors (Lipinski definition) is 5. The van der Waals surface area contributed by atoms with E-state index in [0.717, 1.165) is 0 Å². The molecule has 5 N–H and O–H groups in total. The lowest BCUT2D eigenvalue weighted by Crippen LogP contribution is -2.61. The molecule has 3 unspecified atom stereocenters. The van der Waals surface area contributed by atoms with Crippen molar-refractivity contribution in [1.29, 1.82) is 5.53 Å². The van der Waals surface area contributed by atoms with E-state index in [9.17, 15) is 19.7 Å². The molecule has 0 bridgehead atoms. The SMILES string of the molecule is N=N/C(=C\NC1C(O)[C@H](I)OC(CO)[C@@H]1O)c1cccc(F)c1. The quantitative estimate of drug-likeness (QED) is 0.268. The van der Waals surface area contributed by atoms with Crippen molar-refractivity contribution in [3.05, 3.63) is 41.8 Å². The Balaban J connectivity index is 2.19. The van der Waals surface area contributed by atoms with Crippen LogP contribution in [0.2, 0.25) is 0 Å². The molecule has 1 aliphatic heterocycles. The molecule has 7 nitrogen and oxygen atoms in total. The fraction of sp³-hybridized carbons (Fsp3) is 0.429. The van der Waals surface area contributed by atoms with Gasteiger partial charge in [0.05, 0.1) is 12.6 Å². The predicted molar refractivity (Wildman–Crippen MR) is 88.2 cm³/mol. The number of benzene rings is 1. The summed E-state index contributed by atoms with van der Waals surface area (Å²) in [6.07, 6.45) is -1.71. The van der Waals surface area contributed by atoms with Crippen molar-refractivity contribution in [3.63, 3.8) is 0 Å². The fourth-order valence-electron chi connectivity index (χ4n) is 2.28. The van der Waals surface area contributed by atoms with E-state index in [2.05, 4.69) is 10.4 Å². The van der Waals surface area contributed by atoms with Gasteiger partial charge in [0.1, 0.15) is 33.9 Å². The molecule has 23 heavy (non-hydrogen) atoms. The standard InChI is InChI=1S/C14H17FIN3O4/c15-8-3-1-2-7(4-8)9(19-17)5-18-11-12(21)10(6-20)23-14(16)13(11)22/h1-5,10-14,17-18,20-22H,6H2/b9-5-,19-17?/t10?,11?,12-,13?,14+/m0/s1. The van der Waals surface area contributed by atoms with Gasteiger partial charge in [-0.25, -0.2) is 9.92 Å². The van der Waals surface area contributed by atoms with Crippen molar-refractivity contribution in [2.45, 2.75) is 28.5 Å². The number of rotatable bonds is 5. The van der Waals surface area contributed by atoms with Crippen LogP contribution in [0.1, 0.15) is 5.56 Å².